The van der Waals surface area contributed by atoms with Crippen molar-refractivity contribution in [1.82, 2.24) is 4.72 Å². The summed E-state index contributed by atoms with van der Waals surface area (Å²) in [5, 5.41) is 8.18. The minimum absolute atomic E-state index is 0.270. The second-order valence-electron chi connectivity index (χ2n) is 2.81. The third-order valence-corrected chi connectivity index (χ3v) is 3.60. The van der Waals surface area contributed by atoms with E-state index in [4.69, 9.17) is 5.11 Å². The van der Waals surface area contributed by atoms with Crippen LogP contribution in [0.4, 0.5) is 0 Å². The summed E-state index contributed by atoms with van der Waals surface area (Å²) in [6.45, 7) is 0.270. The molecule has 1 aromatic rings. The van der Waals surface area contributed by atoms with E-state index in [9.17, 15) is 13.2 Å². The molecule has 8 heteroatoms. The number of nitrogens with one attached hydrogen (secondary N) is 1. The van der Waals surface area contributed by atoms with Gasteiger partial charge in [-0.1, -0.05) is 0 Å². The fraction of sp³-hybridized carbons (Fsp3) is 0.375. The number of carboxylic acid groups (broad SMARTS) is 1. The highest BCUT2D eigenvalue weighted by Crippen LogP contribution is 2.13. The van der Waals surface area contributed by atoms with E-state index in [1.165, 1.54) is 11.8 Å². The first-order valence-corrected chi connectivity index (χ1v) is 7.17. The maximum absolute atomic E-state index is 11.5. The fourth-order valence-corrected chi connectivity index (χ4v) is 2.32. The first kappa shape index (κ1) is 13.1. The molecule has 0 bridgehead atoms. The second kappa shape index (κ2) is 5.37. The first-order valence-electron chi connectivity index (χ1n) is 4.29. The predicted octanol–water partition coefficient (Wildman–Crippen LogP) is 0.619. The van der Waals surface area contributed by atoms with Gasteiger partial charge in [-0.25, -0.2) is 17.9 Å². The van der Waals surface area contributed by atoms with E-state index in [0.717, 1.165) is 12.1 Å². The van der Waals surface area contributed by atoms with Crippen LogP contribution >= 0.6 is 11.8 Å². The van der Waals surface area contributed by atoms with Crippen LogP contribution in [0.1, 0.15) is 10.6 Å². The summed E-state index contributed by atoms with van der Waals surface area (Å²) in [7, 11) is -3.74. The summed E-state index contributed by atoms with van der Waals surface area (Å²) < 4.78 is 30.0. The maximum atomic E-state index is 11.5. The van der Waals surface area contributed by atoms with Gasteiger partial charge < -0.3 is 9.52 Å². The number of carbonyl (C=O) groups is 1. The Morgan fingerprint density at radius 2 is 2.25 bits per heavy atom. The zero-order valence-corrected chi connectivity index (χ0v) is 10.1. The van der Waals surface area contributed by atoms with Crippen LogP contribution in [0.5, 0.6) is 0 Å². The van der Waals surface area contributed by atoms with Gasteiger partial charge in [-0.05, 0) is 18.4 Å². The average Bonchev–Trinajstić information content (AvgIpc) is 2.67. The van der Waals surface area contributed by atoms with Gasteiger partial charge in [0.15, 0.2) is 0 Å². The van der Waals surface area contributed by atoms with Crippen LogP contribution < -0.4 is 4.72 Å². The Hall–Kier alpha value is -0.990. The molecule has 1 rings (SSSR count). The Bertz CT molecular complexity index is 465. The van der Waals surface area contributed by atoms with E-state index in [0.29, 0.717) is 5.75 Å². The largest absolute Gasteiger partial charge is 0.475 e. The number of thioether (sulfide) groups is 1. The molecule has 2 N–H and O–H groups in total. The molecule has 0 spiro atoms. The number of furan rings is 1. The smallest absolute Gasteiger partial charge is 0.371 e. The Balaban J connectivity index is 2.78. The lowest BCUT2D eigenvalue weighted by Crippen LogP contribution is -2.25. The molecule has 0 amide bonds. The van der Waals surface area contributed by atoms with Crippen molar-refractivity contribution in [3.63, 3.8) is 0 Å². The number of aromatic carboxylic acids is 1. The van der Waals surface area contributed by atoms with Gasteiger partial charge in [0, 0.05) is 12.3 Å². The van der Waals surface area contributed by atoms with Gasteiger partial charge in [-0.2, -0.15) is 11.8 Å². The molecule has 16 heavy (non-hydrogen) atoms. The van der Waals surface area contributed by atoms with E-state index >= 15 is 0 Å². The van der Waals surface area contributed by atoms with E-state index in [2.05, 4.69) is 9.14 Å². The van der Waals surface area contributed by atoms with Gasteiger partial charge in [0.05, 0.1) is 0 Å². The van der Waals surface area contributed by atoms with Gasteiger partial charge in [0.1, 0.15) is 0 Å². The number of carboxylic acids is 1. The van der Waals surface area contributed by atoms with Gasteiger partial charge in [-0.3, -0.25) is 0 Å². The van der Waals surface area contributed by atoms with Gasteiger partial charge in [0.2, 0.25) is 10.9 Å². The normalized spacial score (nSPS) is 11.6. The average molecular weight is 265 g/mol. The third kappa shape index (κ3) is 3.26. The molecule has 0 aromatic carbocycles. The zero-order valence-electron chi connectivity index (χ0n) is 8.47. The molecule has 1 aromatic heterocycles. The lowest BCUT2D eigenvalue weighted by atomic mass is 10.5. The molecule has 1 heterocycles. The topological polar surface area (TPSA) is 96.6 Å². The van der Waals surface area contributed by atoms with Crippen LogP contribution in [0.3, 0.4) is 0 Å². The quantitative estimate of drug-likeness (QED) is 0.732. The first-order chi connectivity index (χ1) is 7.47. The molecule has 0 unspecified atom stereocenters. The summed E-state index contributed by atoms with van der Waals surface area (Å²) in [6.07, 6.45) is 1.85. The van der Waals surface area contributed by atoms with Gasteiger partial charge in [-0.15, -0.1) is 0 Å². The van der Waals surface area contributed by atoms with Crippen molar-refractivity contribution in [2.45, 2.75) is 5.09 Å². The molecule has 6 nitrogen and oxygen atoms in total. The van der Waals surface area contributed by atoms with Crippen molar-refractivity contribution in [1.29, 1.82) is 0 Å². The van der Waals surface area contributed by atoms with Crippen molar-refractivity contribution in [2.75, 3.05) is 18.6 Å². The molecule has 0 saturated heterocycles. The molecule has 0 atom stereocenters. The van der Waals surface area contributed by atoms with Crippen LogP contribution in [0.25, 0.3) is 0 Å². The van der Waals surface area contributed by atoms with Crippen LogP contribution in [0.15, 0.2) is 21.6 Å². The third-order valence-electron chi connectivity index (χ3n) is 1.66. The van der Waals surface area contributed by atoms with Crippen LogP contribution in [-0.2, 0) is 10.0 Å². The second-order valence-corrected chi connectivity index (χ2v) is 5.50. The Labute approximate surface area is 97.1 Å². The molecule has 0 saturated carbocycles. The summed E-state index contributed by atoms with van der Waals surface area (Å²) in [6, 6.07) is 2.22. The highest BCUT2D eigenvalue weighted by molar-refractivity contribution is 7.98. The van der Waals surface area contributed by atoms with Crippen molar-refractivity contribution in [3.05, 3.63) is 17.9 Å². The van der Waals surface area contributed by atoms with Crippen LogP contribution in [-0.4, -0.2) is 38.0 Å². The highest BCUT2D eigenvalue weighted by Gasteiger charge is 2.20. The molecule has 0 aliphatic carbocycles. The molecule has 0 fully saturated rings. The lowest BCUT2D eigenvalue weighted by Gasteiger charge is -2.01. The Morgan fingerprint density at radius 1 is 1.56 bits per heavy atom. The van der Waals surface area contributed by atoms with Crippen molar-refractivity contribution < 1.29 is 22.7 Å². The molecule has 0 aliphatic rings. The van der Waals surface area contributed by atoms with Crippen LogP contribution in [0, 0.1) is 0 Å². The lowest BCUT2D eigenvalue weighted by molar-refractivity contribution is 0.0656. The summed E-state index contributed by atoms with van der Waals surface area (Å²) >= 11 is 1.50. The minimum atomic E-state index is -3.74. The van der Waals surface area contributed by atoms with E-state index in [1.54, 1.807) is 0 Å². The molecule has 0 radical (unpaired) electrons. The number of hydrogen-bond acceptors (Lipinski definition) is 5. The molecular weight excluding hydrogens is 254 g/mol. The SMILES string of the molecule is CSCCNS(=O)(=O)c1ccc(C(=O)O)o1. The summed E-state index contributed by atoms with van der Waals surface area (Å²) in [5.74, 6) is -1.07. The maximum Gasteiger partial charge on any atom is 0.371 e. The van der Waals surface area contributed by atoms with Crippen molar-refractivity contribution in [2.24, 2.45) is 0 Å². The molecule has 90 valence electrons. The fourth-order valence-electron chi connectivity index (χ4n) is 0.929. The van der Waals surface area contributed by atoms with Gasteiger partial charge >= 0.3 is 5.97 Å². The van der Waals surface area contributed by atoms with E-state index in [1.807, 2.05) is 6.26 Å². The monoisotopic (exact) mass is 265 g/mol. The summed E-state index contributed by atoms with van der Waals surface area (Å²) in [5.41, 5.74) is 0. The standard InChI is InChI=1S/C8H11NO5S2/c1-15-5-4-9-16(12,13)7-3-2-6(14-7)8(10)11/h2-3,9H,4-5H2,1H3,(H,10,11). The Kier molecular flexibility index (Phi) is 4.39. The minimum Gasteiger partial charge on any atom is -0.475 e. The summed E-state index contributed by atoms with van der Waals surface area (Å²) in [4.78, 5) is 10.5. The zero-order chi connectivity index (χ0) is 12.2. The number of hydrogen-bond donors (Lipinski definition) is 2. The molecule has 0 aliphatic heterocycles. The number of rotatable bonds is 6. The number of sulfonamides is 1. The van der Waals surface area contributed by atoms with Crippen molar-refractivity contribution in [3.8, 4) is 0 Å². The van der Waals surface area contributed by atoms with Crippen molar-refractivity contribution >= 4 is 27.8 Å². The van der Waals surface area contributed by atoms with E-state index in [-0.39, 0.29) is 11.6 Å². The van der Waals surface area contributed by atoms with Crippen LogP contribution in [0.2, 0.25) is 0 Å². The molecular formula is C8H11NO5S2. The highest BCUT2D eigenvalue weighted by atomic mass is 32.2. The Morgan fingerprint density at radius 3 is 2.75 bits per heavy atom. The van der Waals surface area contributed by atoms with Gasteiger partial charge in [0.25, 0.3) is 10.0 Å². The van der Waals surface area contributed by atoms with E-state index < -0.39 is 21.8 Å². The predicted molar refractivity (Wildman–Crippen MR) is 59.2 cm³/mol.